The molecule has 2 fully saturated rings. The van der Waals surface area contributed by atoms with Crippen LogP contribution in [0, 0.1) is 11.3 Å². The first-order valence-electron chi connectivity index (χ1n) is 16.9. The van der Waals surface area contributed by atoms with Crippen LogP contribution >= 0.6 is 0 Å². The monoisotopic (exact) mass is 695 g/mol. The highest BCUT2D eigenvalue weighted by Crippen LogP contribution is 2.33. The van der Waals surface area contributed by atoms with Crippen LogP contribution in [0.2, 0.25) is 0 Å². The summed E-state index contributed by atoms with van der Waals surface area (Å²) in [5.74, 6) is -3.56. The average molecular weight is 696 g/mol. The molecule has 1 aromatic carbocycles. The van der Waals surface area contributed by atoms with E-state index in [9.17, 15) is 24.0 Å². The normalized spacial score (nSPS) is 20.5. The van der Waals surface area contributed by atoms with Gasteiger partial charge in [-0.2, -0.15) is 0 Å². The van der Waals surface area contributed by atoms with Gasteiger partial charge in [0.1, 0.15) is 29.6 Å². The third kappa shape index (κ3) is 9.43. The van der Waals surface area contributed by atoms with Crippen molar-refractivity contribution in [3.05, 3.63) is 47.7 Å². The number of nitrogens with zero attached hydrogens (tertiary/aromatic N) is 2. The van der Waals surface area contributed by atoms with Gasteiger partial charge in [-0.15, -0.1) is 0 Å². The Kier molecular flexibility index (Phi) is 12.4. The molecule has 2 saturated heterocycles. The summed E-state index contributed by atoms with van der Waals surface area (Å²) in [5, 5.41) is 7.83. The molecular formula is C36H49N5O9. The van der Waals surface area contributed by atoms with E-state index in [1.807, 2.05) is 30.3 Å². The molecule has 50 heavy (non-hydrogen) atoms. The number of hydrogen-bond donors (Lipinski definition) is 3. The first kappa shape index (κ1) is 38.4. The van der Waals surface area contributed by atoms with Gasteiger partial charge in [0.05, 0.1) is 31.5 Å². The van der Waals surface area contributed by atoms with Gasteiger partial charge in [-0.05, 0) is 64.2 Å². The number of carbonyl (C=O) groups is 5. The molecule has 272 valence electrons. The molecule has 0 unspecified atom stereocenters. The molecule has 0 aliphatic carbocycles. The molecule has 14 nitrogen and oxygen atoms in total. The van der Waals surface area contributed by atoms with Crippen molar-refractivity contribution < 1.29 is 42.9 Å². The molecule has 1 aromatic heterocycles. The van der Waals surface area contributed by atoms with Crippen molar-refractivity contribution >= 4 is 46.6 Å². The maximum atomic E-state index is 14.1. The number of carbonyl (C=O) groups excluding carboxylic acids is 5. The zero-order valence-corrected chi connectivity index (χ0v) is 30.0. The quantitative estimate of drug-likeness (QED) is 0.295. The number of nitrogens with one attached hydrogen (secondary N) is 3. The first-order valence-corrected chi connectivity index (χ1v) is 16.9. The minimum Gasteiger partial charge on any atom is -0.468 e. The molecule has 2 aliphatic rings. The predicted octanol–water partition coefficient (Wildman–Crippen LogP) is 2.96. The maximum absolute atomic E-state index is 14.1. The van der Waals surface area contributed by atoms with Crippen molar-refractivity contribution in [2.75, 3.05) is 26.9 Å². The standard InChI is InChI=1S/C36H49N5O9/c1-21(2)30(31(43)37-22(3)32(44)41-17-9-10-28(40-41)33(45)47-8)39-34(46)36(19-48-35(6,7)49-20-36)16-15-25-11-12-26-13-14-27(38-29(26)18-25)23(4)50-24(5)42/h11-16,18,21-23,28,30,40H,9-10,17,19-20H2,1-8H3,(H,37,43)(H,39,46)/b16-15+/t22-,23+,28-,30-/m0/s1. The molecule has 0 bridgehead atoms. The molecule has 3 heterocycles. The van der Waals surface area contributed by atoms with Gasteiger partial charge in [0.25, 0.3) is 5.91 Å². The lowest BCUT2D eigenvalue weighted by molar-refractivity contribution is -0.272. The molecule has 0 spiro atoms. The molecule has 14 heteroatoms. The van der Waals surface area contributed by atoms with Gasteiger partial charge in [-0.1, -0.05) is 44.2 Å². The van der Waals surface area contributed by atoms with E-state index in [2.05, 4.69) is 21.0 Å². The zero-order chi connectivity index (χ0) is 36.8. The second kappa shape index (κ2) is 16.1. The van der Waals surface area contributed by atoms with Crippen molar-refractivity contribution in [2.45, 2.75) is 91.3 Å². The van der Waals surface area contributed by atoms with Crippen LogP contribution in [0.15, 0.2) is 36.4 Å². The number of rotatable bonds is 11. The maximum Gasteiger partial charge on any atom is 0.324 e. The summed E-state index contributed by atoms with van der Waals surface area (Å²) in [7, 11) is 1.28. The van der Waals surface area contributed by atoms with Gasteiger partial charge in [-0.25, -0.2) is 10.4 Å². The molecule has 0 saturated carbocycles. The Labute approximate surface area is 292 Å². The van der Waals surface area contributed by atoms with E-state index in [0.29, 0.717) is 30.6 Å². The van der Waals surface area contributed by atoms with Gasteiger partial charge < -0.3 is 29.6 Å². The summed E-state index contributed by atoms with van der Waals surface area (Å²) < 4.78 is 22.0. The van der Waals surface area contributed by atoms with Crippen LogP contribution in [0.1, 0.15) is 78.7 Å². The van der Waals surface area contributed by atoms with Crippen LogP contribution in [0.4, 0.5) is 0 Å². The minimum absolute atomic E-state index is 0.0124. The van der Waals surface area contributed by atoms with Crippen molar-refractivity contribution in [1.29, 1.82) is 0 Å². The molecule has 3 amide bonds. The van der Waals surface area contributed by atoms with Gasteiger partial charge in [-0.3, -0.25) is 29.0 Å². The zero-order valence-electron chi connectivity index (χ0n) is 30.0. The number of benzene rings is 1. The summed E-state index contributed by atoms with van der Waals surface area (Å²) >= 11 is 0. The van der Waals surface area contributed by atoms with E-state index < -0.39 is 65.1 Å². The smallest absolute Gasteiger partial charge is 0.324 e. The Morgan fingerprint density at radius 3 is 2.36 bits per heavy atom. The molecular weight excluding hydrogens is 646 g/mol. The molecule has 0 radical (unpaired) electrons. The number of esters is 2. The van der Waals surface area contributed by atoms with Gasteiger partial charge in [0.15, 0.2) is 5.79 Å². The van der Waals surface area contributed by atoms with Crippen molar-refractivity contribution in [3.63, 3.8) is 0 Å². The number of aromatic nitrogens is 1. The summed E-state index contributed by atoms with van der Waals surface area (Å²) in [6.45, 7) is 12.1. The number of methoxy groups -OCH3 is 1. The first-order chi connectivity index (χ1) is 23.5. The number of hydrogen-bond acceptors (Lipinski definition) is 11. The minimum atomic E-state index is -1.29. The van der Waals surface area contributed by atoms with Gasteiger partial charge >= 0.3 is 11.9 Å². The fraction of sp³-hybridized carbons (Fsp3) is 0.556. The van der Waals surface area contributed by atoms with Crippen LogP contribution in [0.3, 0.4) is 0 Å². The van der Waals surface area contributed by atoms with Crippen LogP contribution < -0.4 is 16.1 Å². The summed E-state index contributed by atoms with van der Waals surface area (Å²) in [4.78, 5) is 69.0. The Balaban J connectivity index is 1.52. The van der Waals surface area contributed by atoms with E-state index in [4.69, 9.17) is 18.9 Å². The van der Waals surface area contributed by atoms with Crippen LogP contribution in [0.5, 0.6) is 0 Å². The lowest BCUT2D eigenvalue weighted by atomic mass is 9.85. The highest BCUT2D eigenvalue weighted by Gasteiger charge is 2.45. The molecule has 2 aromatic rings. The van der Waals surface area contributed by atoms with Gasteiger partial charge in [0.2, 0.25) is 11.8 Å². The fourth-order valence-electron chi connectivity index (χ4n) is 5.71. The summed E-state index contributed by atoms with van der Waals surface area (Å²) in [6.07, 6.45) is 4.09. The fourth-order valence-corrected chi connectivity index (χ4v) is 5.71. The lowest BCUT2D eigenvalue weighted by Gasteiger charge is -2.41. The third-order valence-electron chi connectivity index (χ3n) is 8.80. The van der Waals surface area contributed by atoms with Crippen LogP contribution in [-0.2, 0) is 42.9 Å². The summed E-state index contributed by atoms with van der Waals surface area (Å²) in [5.41, 5.74) is 3.63. The number of fused-ring (bicyclic) bond motifs is 1. The summed E-state index contributed by atoms with van der Waals surface area (Å²) in [6, 6.07) is 6.79. The Hall–Kier alpha value is -4.40. The number of hydrazine groups is 1. The molecule has 2 aliphatic heterocycles. The highest BCUT2D eigenvalue weighted by atomic mass is 16.7. The molecule has 3 N–H and O–H groups in total. The van der Waals surface area contributed by atoms with Crippen LogP contribution in [-0.4, -0.2) is 90.4 Å². The SMILES string of the molecule is COC(=O)[C@@H]1CCCN(C(=O)[C@H](C)NC(=O)[C@@H](NC(=O)C2(/C=C/c3ccc4ccc([C@@H](C)OC(C)=O)nc4c3)COC(C)(C)OC2)C(C)C)N1. The van der Waals surface area contributed by atoms with Crippen molar-refractivity contribution in [1.82, 2.24) is 26.1 Å². The predicted molar refractivity (Wildman–Crippen MR) is 184 cm³/mol. The largest absolute Gasteiger partial charge is 0.468 e. The molecule has 4 rings (SSSR count). The Bertz CT molecular complexity index is 1610. The number of amides is 3. The second-order valence-electron chi connectivity index (χ2n) is 13.7. The lowest BCUT2D eigenvalue weighted by Crippen LogP contribution is -2.62. The molecule has 4 atom stereocenters. The highest BCUT2D eigenvalue weighted by molar-refractivity contribution is 5.94. The van der Waals surface area contributed by atoms with E-state index >= 15 is 0 Å². The van der Waals surface area contributed by atoms with Crippen LogP contribution in [0.25, 0.3) is 17.0 Å². The Morgan fingerprint density at radius 2 is 1.72 bits per heavy atom. The van der Waals surface area contributed by atoms with E-state index in [-0.39, 0.29) is 19.1 Å². The van der Waals surface area contributed by atoms with E-state index in [1.54, 1.807) is 53.7 Å². The topological polar surface area (TPSA) is 174 Å². The van der Waals surface area contributed by atoms with Crippen molar-refractivity contribution in [2.24, 2.45) is 11.3 Å². The van der Waals surface area contributed by atoms with E-state index in [0.717, 1.165) is 10.9 Å². The van der Waals surface area contributed by atoms with E-state index in [1.165, 1.54) is 19.0 Å². The number of ether oxygens (including phenoxy) is 4. The van der Waals surface area contributed by atoms with Crippen molar-refractivity contribution in [3.8, 4) is 0 Å². The Morgan fingerprint density at radius 1 is 1.04 bits per heavy atom. The third-order valence-corrected chi connectivity index (χ3v) is 8.80. The van der Waals surface area contributed by atoms with Gasteiger partial charge in [0, 0.05) is 18.9 Å². The number of pyridine rings is 1. The average Bonchev–Trinajstić information content (AvgIpc) is 3.08. The second-order valence-corrected chi connectivity index (χ2v) is 13.7.